The van der Waals surface area contributed by atoms with Gasteiger partial charge in [0.2, 0.25) is 5.91 Å². The smallest absolute Gasteiger partial charge is 0.308 e. The van der Waals surface area contributed by atoms with E-state index in [1.165, 1.54) is 0 Å². The molecule has 1 aromatic carbocycles. The van der Waals surface area contributed by atoms with E-state index in [1.807, 2.05) is 6.92 Å². The molecule has 0 aliphatic heterocycles. The number of hydrogen-bond acceptors (Lipinski definition) is 5. The quantitative estimate of drug-likeness (QED) is 0.667. The van der Waals surface area contributed by atoms with Crippen LogP contribution >= 0.6 is 0 Å². The van der Waals surface area contributed by atoms with Gasteiger partial charge in [0.25, 0.3) is 0 Å². The van der Waals surface area contributed by atoms with E-state index in [0.29, 0.717) is 18.8 Å². The fourth-order valence-corrected chi connectivity index (χ4v) is 4.50. The van der Waals surface area contributed by atoms with Crippen LogP contribution in [0.2, 0.25) is 0 Å². The van der Waals surface area contributed by atoms with Crippen LogP contribution in [0.15, 0.2) is 24.3 Å². The molecule has 26 heavy (non-hydrogen) atoms. The van der Waals surface area contributed by atoms with Gasteiger partial charge in [0.1, 0.15) is 10.5 Å². The molecule has 144 valence electrons. The van der Waals surface area contributed by atoms with Crippen molar-refractivity contribution in [3.05, 3.63) is 29.8 Å². The zero-order valence-corrected chi connectivity index (χ0v) is 15.8. The van der Waals surface area contributed by atoms with E-state index in [-0.39, 0.29) is 25.8 Å². The first-order valence-electron chi connectivity index (χ1n) is 8.62. The van der Waals surface area contributed by atoms with Crippen LogP contribution < -0.4 is 10.1 Å². The number of sulfone groups is 1. The van der Waals surface area contributed by atoms with Crippen LogP contribution in [0.5, 0.6) is 5.75 Å². The topological polar surface area (TPSA) is 110 Å². The Labute approximate surface area is 153 Å². The van der Waals surface area contributed by atoms with Crippen LogP contribution in [-0.2, 0) is 25.8 Å². The fraction of sp³-hybridized carbons (Fsp3) is 0.556. The lowest BCUT2D eigenvalue weighted by molar-refractivity contribution is -0.141. The first-order valence-corrected chi connectivity index (χ1v) is 10.5. The summed E-state index contributed by atoms with van der Waals surface area (Å²) in [6, 6.07) is 7.10. The summed E-state index contributed by atoms with van der Waals surface area (Å²) in [5.74, 6) is -1.77. The lowest BCUT2D eigenvalue weighted by Gasteiger charge is -2.38. The molecular weight excluding hydrogens is 358 g/mol. The second-order valence-corrected chi connectivity index (χ2v) is 8.97. The Morgan fingerprint density at radius 1 is 1.27 bits per heavy atom. The van der Waals surface area contributed by atoms with Gasteiger partial charge in [-0.05, 0) is 50.3 Å². The normalized spacial score (nSPS) is 17.0. The highest BCUT2D eigenvalue weighted by atomic mass is 32.2. The highest BCUT2D eigenvalue weighted by Crippen LogP contribution is 2.39. The van der Waals surface area contributed by atoms with Gasteiger partial charge in [-0.25, -0.2) is 8.42 Å². The molecule has 8 heteroatoms. The molecule has 1 saturated carbocycles. The summed E-state index contributed by atoms with van der Waals surface area (Å²) in [6.45, 7) is 2.31. The van der Waals surface area contributed by atoms with Crippen molar-refractivity contribution >= 4 is 21.7 Å². The molecule has 1 aromatic rings. The van der Waals surface area contributed by atoms with Gasteiger partial charge in [-0.3, -0.25) is 9.59 Å². The number of carboxylic acid groups (broad SMARTS) is 1. The maximum absolute atomic E-state index is 12.4. The highest BCUT2D eigenvalue weighted by molar-refractivity contribution is 7.93. The molecule has 1 fully saturated rings. The molecule has 2 N–H and O–H groups in total. The van der Waals surface area contributed by atoms with Crippen LogP contribution in [0.25, 0.3) is 0 Å². The minimum Gasteiger partial charge on any atom is -0.494 e. The molecule has 1 atom stereocenters. The van der Waals surface area contributed by atoms with Crippen LogP contribution in [0.4, 0.5) is 0 Å². The minimum absolute atomic E-state index is 0.112. The Kier molecular flexibility index (Phi) is 6.28. The molecular formula is C18H25NO6S. The summed E-state index contributed by atoms with van der Waals surface area (Å²) in [7, 11) is -3.54. The summed E-state index contributed by atoms with van der Waals surface area (Å²) in [4.78, 5) is 23.9. The largest absolute Gasteiger partial charge is 0.494 e. The lowest BCUT2D eigenvalue weighted by atomic mass is 9.83. The molecule has 0 radical (unpaired) electrons. The SMILES string of the molecule is CCOc1ccc(CC(CNC(=O)C2(S(C)(=O)=O)CCC2)C(=O)O)cc1. The second-order valence-electron chi connectivity index (χ2n) is 6.65. The van der Waals surface area contributed by atoms with E-state index in [2.05, 4.69) is 5.32 Å². The van der Waals surface area contributed by atoms with E-state index in [4.69, 9.17) is 4.74 Å². The van der Waals surface area contributed by atoms with Gasteiger partial charge in [-0.2, -0.15) is 0 Å². The number of aliphatic carboxylic acids is 1. The standard InChI is InChI=1S/C18H25NO6S/c1-3-25-15-7-5-13(6-8-15)11-14(16(20)21)12-19-17(22)18(9-4-10-18)26(2,23)24/h5-8,14H,3-4,9-12H2,1-2H3,(H,19,22)(H,20,21). The third-order valence-electron chi connectivity index (χ3n) is 4.86. The van der Waals surface area contributed by atoms with E-state index >= 15 is 0 Å². The number of carbonyl (C=O) groups excluding carboxylic acids is 1. The van der Waals surface area contributed by atoms with Crippen molar-refractivity contribution in [2.75, 3.05) is 19.4 Å². The van der Waals surface area contributed by atoms with E-state index < -0.39 is 32.4 Å². The Bertz CT molecular complexity index is 752. The number of ether oxygens (including phenoxy) is 1. The van der Waals surface area contributed by atoms with Crippen LogP contribution in [0.3, 0.4) is 0 Å². The minimum atomic E-state index is -3.54. The van der Waals surface area contributed by atoms with Gasteiger partial charge in [0.15, 0.2) is 9.84 Å². The predicted molar refractivity (Wildman–Crippen MR) is 96.9 cm³/mol. The van der Waals surface area contributed by atoms with Crippen molar-refractivity contribution in [1.82, 2.24) is 5.32 Å². The van der Waals surface area contributed by atoms with Crippen molar-refractivity contribution in [2.45, 2.75) is 37.4 Å². The number of amides is 1. The van der Waals surface area contributed by atoms with Gasteiger partial charge < -0.3 is 15.2 Å². The van der Waals surface area contributed by atoms with Gasteiger partial charge >= 0.3 is 5.97 Å². The lowest BCUT2D eigenvalue weighted by Crippen LogP contribution is -2.57. The van der Waals surface area contributed by atoms with Crippen molar-refractivity contribution < 1.29 is 27.9 Å². The Balaban J connectivity index is 2.00. The fourth-order valence-electron chi connectivity index (χ4n) is 3.06. The van der Waals surface area contributed by atoms with Crippen molar-refractivity contribution in [2.24, 2.45) is 5.92 Å². The van der Waals surface area contributed by atoms with E-state index in [1.54, 1.807) is 24.3 Å². The molecule has 2 rings (SSSR count). The molecule has 0 heterocycles. The Morgan fingerprint density at radius 2 is 1.88 bits per heavy atom. The molecule has 1 aliphatic rings. The molecule has 1 aliphatic carbocycles. The number of hydrogen-bond donors (Lipinski definition) is 2. The van der Waals surface area contributed by atoms with E-state index in [0.717, 1.165) is 11.8 Å². The van der Waals surface area contributed by atoms with Crippen LogP contribution in [-0.4, -0.2) is 49.6 Å². The van der Waals surface area contributed by atoms with Gasteiger partial charge in [-0.15, -0.1) is 0 Å². The van der Waals surface area contributed by atoms with Crippen molar-refractivity contribution in [3.63, 3.8) is 0 Å². The first-order chi connectivity index (χ1) is 12.2. The average molecular weight is 383 g/mol. The summed E-state index contributed by atoms with van der Waals surface area (Å²) >= 11 is 0. The van der Waals surface area contributed by atoms with Crippen LogP contribution in [0, 0.1) is 5.92 Å². The molecule has 1 unspecified atom stereocenters. The second kappa shape index (κ2) is 8.07. The van der Waals surface area contributed by atoms with Gasteiger partial charge in [-0.1, -0.05) is 12.1 Å². The maximum Gasteiger partial charge on any atom is 0.308 e. The van der Waals surface area contributed by atoms with E-state index in [9.17, 15) is 23.1 Å². The highest BCUT2D eigenvalue weighted by Gasteiger charge is 2.52. The molecule has 0 saturated heterocycles. The molecule has 7 nitrogen and oxygen atoms in total. The summed E-state index contributed by atoms with van der Waals surface area (Å²) in [5, 5.41) is 12.0. The van der Waals surface area contributed by atoms with Gasteiger partial charge in [0.05, 0.1) is 12.5 Å². The third kappa shape index (κ3) is 4.35. The zero-order chi connectivity index (χ0) is 19.4. The molecule has 1 amide bonds. The summed E-state index contributed by atoms with van der Waals surface area (Å²) < 4.78 is 27.8. The average Bonchev–Trinajstić information content (AvgIpc) is 2.50. The summed E-state index contributed by atoms with van der Waals surface area (Å²) in [5.41, 5.74) is 0.802. The number of carbonyl (C=O) groups is 2. The monoisotopic (exact) mass is 383 g/mol. The molecule has 0 bridgehead atoms. The maximum atomic E-state index is 12.4. The zero-order valence-electron chi connectivity index (χ0n) is 15.0. The molecule has 0 spiro atoms. The first kappa shape index (κ1) is 20.2. The number of nitrogens with one attached hydrogen (secondary N) is 1. The third-order valence-corrected chi connectivity index (χ3v) is 6.87. The van der Waals surface area contributed by atoms with Crippen molar-refractivity contribution in [3.8, 4) is 5.75 Å². The predicted octanol–water partition coefficient (Wildman–Crippen LogP) is 1.41. The number of benzene rings is 1. The van der Waals surface area contributed by atoms with Crippen molar-refractivity contribution in [1.29, 1.82) is 0 Å². The van der Waals surface area contributed by atoms with Crippen LogP contribution in [0.1, 0.15) is 31.7 Å². The number of carboxylic acids is 1. The van der Waals surface area contributed by atoms with Gasteiger partial charge in [0, 0.05) is 12.8 Å². The summed E-state index contributed by atoms with van der Waals surface area (Å²) in [6.07, 6.45) is 2.53. The Hall–Kier alpha value is -2.09. The molecule has 0 aromatic heterocycles. The number of rotatable bonds is 9. The Morgan fingerprint density at radius 3 is 2.31 bits per heavy atom.